The monoisotopic (exact) mass is 162 g/mol. The van der Waals surface area contributed by atoms with E-state index in [4.69, 9.17) is 0 Å². The van der Waals surface area contributed by atoms with Crippen LogP contribution in [0.5, 0.6) is 0 Å². The Balaban J connectivity index is 4.18. The number of hydrogen-bond donors (Lipinski definition) is 3. The molecule has 3 nitrogen and oxygen atoms in total. The van der Waals surface area contributed by atoms with Gasteiger partial charge in [0.15, 0.2) is 0 Å². The van der Waals surface area contributed by atoms with Crippen molar-refractivity contribution < 1.29 is 15.3 Å². The van der Waals surface area contributed by atoms with Crippen molar-refractivity contribution in [3.8, 4) is 0 Å². The minimum atomic E-state index is -1.37. The Morgan fingerprint density at radius 1 is 1.09 bits per heavy atom. The quantitative estimate of drug-likeness (QED) is 0.556. The Labute approximate surface area is 67.7 Å². The van der Waals surface area contributed by atoms with Crippen molar-refractivity contribution in [1.82, 2.24) is 0 Å². The Morgan fingerprint density at radius 3 is 1.55 bits per heavy atom. The first-order valence-corrected chi connectivity index (χ1v) is 4.05. The number of hydrogen-bond acceptors (Lipinski definition) is 3. The van der Waals surface area contributed by atoms with E-state index >= 15 is 0 Å². The van der Waals surface area contributed by atoms with Gasteiger partial charge in [-0.2, -0.15) is 0 Å². The van der Waals surface area contributed by atoms with Crippen molar-refractivity contribution in [2.45, 2.75) is 51.4 Å². The van der Waals surface area contributed by atoms with E-state index in [1.54, 1.807) is 13.8 Å². The zero-order valence-electron chi connectivity index (χ0n) is 7.41. The largest absolute Gasteiger partial charge is 0.390 e. The molecule has 0 radical (unpaired) electrons. The summed E-state index contributed by atoms with van der Waals surface area (Å²) in [5, 5.41) is 28.1. The molecule has 0 aromatic carbocycles. The first-order valence-electron chi connectivity index (χ1n) is 4.05. The van der Waals surface area contributed by atoms with Crippen molar-refractivity contribution in [3.05, 3.63) is 0 Å². The Hall–Kier alpha value is -0.120. The summed E-state index contributed by atoms with van der Waals surface area (Å²) < 4.78 is 0. The summed E-state index contributed by atoms with van der Waals surface area (Å²) >= 11 is 0. The minimum absolute atomic E-state index is 0.448. The van der Waals surface area contributed by atoms with Crippen molar-refractivity contribution in [2.75, 3.05) is 0 Å². The van der Waals surface area contributed by atoms with Crippen LogP contribution in [0.3, 0.4) is 0 Å². The highest BCUT2D eigenvalue weighted by Crippen LogP contribution is 2.19. The van der Waals surface area contributed by atoms with Gasteiger partial charge in [-0.1, -0.05) is 13.8 Å². The third-order valence-electron chi connectivity index (χ3n) is 2.12. The van der Waals surface area contributed by atoms with Crippen molar-refractivity contribution in [3.63, 3.8) is 0 Å². The molecular weight excluding hydrogens is 144 g/mol. The summed E-state index contributed by atoms with van der Waals surface area (Å²) in [6, 6.07) is 0. The zero-order valence-corrected chi connectivity index (χ0v) is 7.41. The number of aliphatic hydroxyl groups excluding tert-OH is 2. The fraction of sp³-hybridized carbons (Fsp3) is 1.00. The molecule has 0 fully saturated rings. The molecule has 0 bridgehead atoms. The zero-order chi connectivity index (χ0) is 9.07. The molecule has 0 saturated heterocycles. The van der Waals surface area contributed by atoms with E-state index in [0.717, 1.165) is 0 Å². The van der Waals surface area contributed by atoms with Gasteiger partial charge >= 0.3 is 0 Å². The van der Waals surface area contributed by atoms with Crippen LogP contribution in [0, 0.1) is 0 Å². The van der Waals surface area contributed by atoms with Gasteiger partial charge in [-0.05, 0) is 19.8 Å². The fourth-order valence-electron chi connectivity index (χ4n) is 1.05. The van der Waals surface area contributed by atoms with Gasteiger partial charge in [0.25, 0.3) is 0 Å². The molecule has 2 unspecified atom stereocenters. The Morgan fingerprint density at radius 2 is 1.36 bits per heavy atom. The van der Waals surface area contributed by atoms with E-state index in [-0.39, 0.29) is 0 Å². The van der Waals surface area contributed by atoms with Crippen LogP contribution in [-0.2, 0) is 0 Å². The first kappa shape index (κ1) is 10.9. The molecule has 2 atom stereocenters. The maximum Gasteiger partial charge on any atom is 0.113 e. The van der Waals surface area contributed by atoms with E-state index in [0.29, 0.717) is 12.8 Å². The van der Waals surface area contributed by atoms with Crippen molar-refractivity contribution >= 4 is 0 Å². The predicted molar refractivity (Wildman–Crippen MR) is 43.2 cm³/mol. The topological polar surface area (TPSA) is 60.7 Å². The molecule has 11 heavy (non-hydrogen) atoms. The van der Waals surface area contributed by atoms with Gasteiger partial charge in [0.05, 0.1) is 12.2 Å². The molecule has 68 valence electrons. The highest BCUT2D eigenvalue weighted by Gasteiger charge is 2.35. The summed E-state index contributed by atoms with van der Waals surface area (Å²) in [5.74, 6) is 0. The number of rotatable bonds is 4. The molecule has 0 amide bonds. The van der Waals surface area contributed by atoms with Crippen LogP contribution in [-0.4, -0.2) is 33.1 Å². The lowest BCUT2D eigenvalue weighted by Crippen LogP contribution is -2.49. The third kappa shape index (κ3) is 2.43. The highest BCUT2D eigenvalue weighted by atomic mass is 16.4. The molecule has 3 N–H and O–H groups in total. The molecule has 0 aliphatic carbocycles. The van der Waals surface area contributed by atoms with E-state index < -0.39 is 17.8 Å². The third-order valence-corrected chi connectivity index (χ3v) is 2.12. The smallest absolute Gasteiger partial charge is 0.113 e. The average molecular weight is 162 g/mol. The van der Waals surface area contributed by atoms with Crippen LogP contribution in [0.2, 0.25) is 0 Å². The summed E-state index contributed by atoms with van der Waals surface area (Å²) in [4.78, 5) is 0. The minimum Gasteiger partial charge on any atom is -0.390 e. The SMILES string of the molecule is CCC(O)C(C)(O)C(O)CC. The maximum absolute atomic E-state index is 9.55. The average Bonchev–Trinajstić information content (AvgIpc) is 2.01. The molecule has 0 saturated carbocycles. The molecule has 0 aliphatic rings. The van der Waals surface area contributed by atoms with Gasteiger partial charge in [-0.25, -0.2) is 0 Å². The molecule has 0 aromatic heterocycles. The van der Waals surface area contributed by atoms with Gasteiger partial charge in [-0.3, -0.25) is 0 Å². The lowest BCUT2D eigenvalue weighted by molar-refractivity contribution is -0.135. The second kappa shape index (κ2) is 4.04. The second-order valence-corrected chi connectivity index (χ2v) is 3.07. The van der Waals surface area contributed by atoms with Crippen molar-refractivity contribution in [2.24, 2.45) is 0 Å². The molecule has 0 heterocycles. The van der Waals surface area contributed by atoms with Gasteiger partial charge in [-0.15, -0.1) is 0 Å². The van der Waals surface area contributed by atoms with Gasteiger partial charge in [0.2, 0.25) is 0 Å². The predicted octanol–water partition coefficient (Wildman–Crippen LogP) is 0.279. The molecule has 3 heteroatoms. The molecule has 0 spiro atoms. The summed E-state index contributed by atoms with van der Waals surface area (Å²) in [7, 11) is 0. The number of aliphatic hydroxyl groups is 3. The van der Waals surface area contributed by atoms with Crippen LogP contribution in [0.25, 0.3) is 0 Å². The molecule has 0 rings (SSSR count). The van der Waals surface area contributed by atoms with Crippen LogP contribution in [0.15, 0.2) is 0 Å². The van der Waals surface area contributed by atoms with E-state index in [1.807, 2.05) is 0 Å². The Bertz CT molecular complexity index is 99.9. The van der Waals surface area contributed by atoms with Crippen LogP contribution in [0.4, 0.5) is 0 Å². The van der Waals surface area contributed by atoms with Crippen LogP contribution in [0.1, 0.15) is 33.6 Å². The molecular formula is C8H18O3. The molecule has 0 aliphatic heterocycles. The second-order valence-electron chi connectivity index (χ2n) is 3.07. The Kier molecular flexibility index (Phi) is 4.00. The maximum atomic E-state index is 9.55. The van der Waals surface area contributed by atoms with Crippen molar-refractivity contribution in [1.29, 1.82) is 0 Å². The van der Waals surface area contributed by atoms with Crippen LogP contribution < -0.4 is 0 Å². The summed E-state index contributed by atoms with van der Waals surface area (Å²) in [6.45, 7) is 4.98. The lowest BCUT2D eigenvalue weighted by atomic mass is 9.89. The van der Waals surface area contributed by atoms with E-state index in [9.17, 15) is 15.3 Å². The summed E-state index contributed by atoms with van der Waals surface area (Å²) in [5.41, 5.74) is -1.37. The van der Waals surface area contributed by atoms with Crippen LogP contribution >= 0.6 is 0 Å². The van der Waals surface area contributed by atoms with Gasteiger partial charge < -0.3 is 15.3 Å². The standard InChI is InChI=1S/C8H18O3/c1-4-6(9)8(3,11)7(10)5-2/h6-7,9-11H,4-5H2,1-3H3. The van der Waals surface area contributed by atoms with E-state index in [1.165, 1.54) is 6.92 Å². The fourth-order valence-corrected chi connectivity index (χ4v) is 1.05. The normalized spacial score (nSPS) is 22.4. The highest BCUT2D eigenvalue weighted by molar-refractivity contribution is 4.87. The van der Waals surface area contributed by atoms with Gasteiger partial charge in [0, 0.05) is 0 Å². The molecule has 0 aromatic rings. The lowest BCUT2D eigenvalue weighted by Gasteiger charge is -2.32. The van der Waals surface area contributed by atoms with E-state index in [2.05, 4.69) is 0 Å². The first-order chi connectivity index (χ1) is 4.96. The van der Waals surface area contributed by atoms with Gasteiger partial charge in [0.1, 0.15) is 5.60 Å². The summed E-state index contributed by atoms with van der Waals surface area (Å²) in [6.07, 6.45) is -0.802.